The van der Waals surface area contributed by atoms with Crippen LogP contribution in [0.2, 0.25) is 0 Å². The number of nitrogens with zero attached hydrogens (tertiary/aromatic N) is 4. The summed E-state index contributed by atoms with van der Waals surface area (Å²) in [7, 11) is 0. The zero-order valence-electron chi connectivity index (χ0n) is 16.3. The Morgan fingerprint density at radius 1 is 0.967 bits per heavy atom. The summed E-state index contributed by atoms with van der Waals surface area (Å²) in [4.78, 5) is 12.2. The Balaban J connectivity index is 1.24. The first-order chi connectivity index (χ1) is 14.8. The maximum absolute atomic E-state index is 12.2. The molecule has 30 heavy (non-hydrogen) atoms. The Morgan fingerprint density at radius 2 is 1.80 bits per heavy atom. The van der Waals surface area contributed by atoms with Crippen molar-refractivity contribution in [1.29, 1.82) is 0 Å². The Kier molecular flexibility index (Phi) is 6.05. The molecule has 4 rings (SSSR count). The molecule has 8 nitrogen and oxygen atoms in total. The predicted molar refractivity (Wildman–Crippen MR) is 114 cm³/mol. The molecular weight excluding hydrogens is 380 g/mol. The van der Waals surface area contributed by atoms with Crippen LogP contribution in [-0.4, -0.2) is 32.2 Å². The number of rotatable bonds is 8. The van der Waals surface area contributed by atoms with Gasteiger partial charge in [0.1, 0.15) is 12.4 Å². The smallest absolute Gasteiger partial charge is 0.319 e. The molecule has 0 saturated carbocycles. The highest BCUT2D eigenvalue weighted by atomic mass is 16.5. The lowest BCUT2D eigenvalue weighted by atomic mass is 10.2. The zero-order chi connectivity index (χ0) is 20.6. The van der Waals surface area contributed by atoms with E-state index in [9.17, 15) is 4.79 Å². The van der Waals surface area contributed by atoms with Crippen molar-refractivity contribution < 1.29 is 9.53 Å². The van der Waals surface area contributed by atoms with Crippen LogP contribution in [0, 0.1) is 0 Å². The van der Waals surface area contributed by atoms with Gasteiger partial charge in [0.05, 0.1) is 12.2 Å². The van der Waals surface area contributed by atoms with Gasteiger partial charge >= 0.3 is 6.03 Å². The van der Waals surface area contributed by atoms with Gasteiger partial charge in [0, 0.05) is 43.1 Å². The lowest BCUT2D eigenvalue weighted by Crippen LogP contribution is -2.28. The predicted octanol–water partition coefficient (Wildman–Crippen LogP) is 3.47. The van der Waals surface area contributed by atoms with Gasteiger partial charge in [0.2, 0.25) is 0 Å². The van der Waals surface area contributed by atoms with Gasteiger partial charge in [-0.3, -0.25) is 4.68 Å². The van der Waals surface area contributed by atoms with Crippen molar-refractivity contribution in [1.82, 2.24) is 24.9 Å². The molecule has 0 unspecified atom stereocenters. The fourth-order valence-electron chi connectivity index (χ4n) is 2.90. The van der Waals surface area contributed by atoms with Crippen molar-refractivity contribution >= 4 is 11.7 Å². The molecule has 0 aliphatic heterocycles. The van der Waals surface area contributed by atoms with Crippen LogP contribution in [0.4, 0.5) is 10.5 Å². The highest BCUT2D eigenvalue weighted by molar-refractivity contribution is 5.89. The second-order valence-electron chi connectivity index (χ2n) is 6.57. The third kappa shape index (κ3) is 5.26. The van der Waals surface area contributed by atoms with Crippen molar-refractivity contribution in [3.63, 3.8) is 0 Å². The highest BCUT2D eigenvalue weighted by Crippen LogP contribution is 2.17. The topological polar surface area (TPSA) is 86.0 Å². The lowest BCUT2D eigenvalue weighted by Gasteiger charge is -2.11. The molecule has 2 amide bonds. The molecule has 2 aromatic heterocycles. The van der Waals surface area contributed by atoms with E-state index in [1.807, 2.05) is 67.0 Å². The van der Waals surface area contributed by atoms with E-state index in [0.29, 0.717) is 31.1 Å². The molecule has 0 saturated heterocycles. The Bertz CT molecular complexity index is 1060. The molecule has 0 fully saturated rings. The molecule has 4 aromatic rings. The SMILES string of the molecule is O=C(NCc1ccc(-n2cccn2)cc1)Nc1cccc(OCCn2cccn2)c1. The van der Waals surface area contributed by atoms with Crippen molar-refractivity contribution in [2.45, 2.75) is 13.1 Å². The minimum absolute atomic E-state index is 0.278. The van der Waals surface area contributed by atoms with Crippen LogP contribution in [0.25, 0.3) is 5.69 Å². The number of aromatic nitrogens is 4. The van der Waals surface area contributed by atoms with Gasteiger partial charge in [-0.05, 0) is 42.0 Å². The first kappa shape index (κ1) is 19.3. The van der Waals surface area contributed by atoms with E-state index in [1.54, 1.807) is 27.8 Å². The molecule has 0 spiro atoms. The third-order valence-corrected chi connectivity index (χ3v) is 4.40. The van der Waals surface area contributed by atoms with Crippen LogP contribution in [-0.2, 0) is 13.1 Å². The summed E-state index contributed by atoms with van der Waals surface area (Å²) in [5.41, 5.74) is 2.63. The zero-order valence-corrected chi connectivity index (χ0v) is 16.3. The van der Waals surface area contributed by atoms with Gasteiger partial charge in [-0.2, -0.15) is 10.2 Å². The molecule has 2 aromatic carbocycles. The van der Waals surface area contributed by atoms with Gasteiger partial charge in [-0.1, -0.05) is 18.2 Å². The van der Waals surface area contributed by atoms with Crippen molar-refractivity contribution in [2.75, 3.05) is 11.9 Å². The third-order valence-electron chi connectivity index (χ3n) is 4.40. The second kappa shape index (κ2) is 9.42. The fraction of sp³-hybridized carbons (Fsp3) is 0.136. The highest BCUT2D eigenvalue weighted by Gasteiger charge is 2.04. The molecule has 0 aliphatic rings. The largest absolute Gasteiger partial charge is 0.492 e. The lowest BCUT2D eigenvalue weighted by molar-refractivity contribution is 0.251. The van der Waals surface area contributed by atoms with Gasteiger partial charge in [-0.15, -0.1) is 0 Å². The average molecular weight is 402 g/mol. The van der Waals surface area contributed by atoms with E-state index in [4.69, 9.17) is 4.74 Å². The van der Waals surface area contributed by atoms with Crippen LogP contribution < -0.4 is 15.4 Å². The summed E-state index contributed by atoms with van der Waals surface area (Å²) < 4.78 is 9.32. The number of ether oxygens (including phenoxy) is 1. The molecular formula is C22H22N6O2. The first-order valence-corrected chi connectivity index (χ1v) is 9.60. The molecule has 2 heterocycles. The van der Waals surface area contributed by atoms with Gasteiger partial charge in [0.25, 0.3) is 0 Å². The summed E-state index contributed by atoms with van der Waals surface area (Å²) in [5.74, 6) is 0.689. The quantitative estimate of drug-likeness (QED) is 0.473. The minimum atomic E-state index is -0.278. The standard InChI is InChI=1S/C22H22N6O2/c29-22(23-17-18-6-8-20(9-7-18)28-13-3-11-25-28)26-19-4-1-5-21(16-19)30-15-14-27-12-2-10-24-27/h1-13,16H,14-15,17H2,(H2,23,26,29). The van der Waals surface area contributed by atoms with Crippen molar-refractivity contribution in [2.24, 2.45) is 0 Å². The summed E-state index contributed by atoms with van der Waals surface area (Å²) in [6, 6.07) is 18.6. The molecule has 0 radical (unpaired) electrons. The summed E-state index contributed by atoms with van der Waals surface area (Å²) >= 11 is 0. The Labute approximate surface area is 174 Å². The number of urea groups is 1. The maximum atomic E-state index is 12.2. The van der Waals surface area contributed by atoms with Gasteiger partial charge in [-0.25, -0.2) is 9.48 Å². The molecule has 0 aliphatic carbocycles. The second-order valence-corrected chi connectivity index (χ2v) is 6.57. The van der Waals surface area contributed by atoms with Crippen LogP contribution >= 0.6 is 0 Å². The van der Waals surface area contributed by atoms with Gasteiger partial charge in [0.15, 0.2) is 0 Å². The number of anilines is 1. The normalized spacial score (nSPS) is 10.5. The Morgan fingerprint density at radius 3 is 2.57 bits per heavy atom. The minimum Gasteiger partial charge on any atom is -0.492 e. The van der Waals surface area contributed by atoms with E-state index < -0.39 is 0 Å². The maximum Gasteiger partial charge on any atom is 0.319 e. The number of benzene rings is 2. The molecule has 0 atom stereocenters. The van der Waals surface area contributed by atoms with Crippen LogP contribution in [0.15, 0.2) is 85.5 Å². The van der Waals surface area contributed by atoms with Crippen LogP contribution in [0.3, 0.4) is 0 Å². The van der Waals surface area contributed by atoms with E-state index in [0.717, 1.165) is 11.3 Å². The summed E-state index contributed by atoms with van der Waals surface area (Å²) in [5, 5.41) is 14.0. The summed E-state index contributed by atoms with van der Waals surface area (Å²) in [6.45, 7) is 1.57. The van der Waals surface area contributed by atoms with Crippen LogP contribution in [0.1, 0.15) is 5.56 Å². The van der Waals surface area contributed by atoms with Crippen LogP contribution in [0.5, 0.6) is 5.75 Å². The molecule has 8 heteroatoms. The molecule has 0 bridgehead atoms. The monoisotopic (exact) mass is 402 g/mol. The van der Waals surface area contributed by atoms with Gasteiger partial charge < -0.3 is 15.4 Å². The van der Waals surface area contributed by atoms with E-state index in [2.05, 4.69) is 20.8 Å². The van der Waals surface area contributed by atoms with E-state index in [-0.39, 0.29) is 6.03 Å². The molecule has 2 N–H and O–H groups in total. The average Bonchev–Trinajstić information content (AvgIpc) is 3.47. The van der Waals surface area contributed by atoms with E-state index >= 15 is 0 Å². The van der Waals surface area contributed by atoms with Crippen molar-refractivity contribution in [3.05, 3.63) is 91.0 Å². The summed E-state index contributed by atoms with van der Waals surface area (Å²) in [6.07, 6.45) is 7.24. The number of hydrogen-bond donors (Lipinski definition) is 2. The number of carbonyl (C=O) groups is 1. The fourth-order valence-corrected chi connectivity index (χ4v) is 2.90. The number of amides is 2. The Hall–Kier alpha value is -4.07. The number of carbonyl (C=O) groups excluding carboxylic acids is 1. The molecule has 152 valence electrons. The van der Waals surface area contributed by atoms with E-state index in [1.165, 1.54) is 0 Å². The van der Waals surface area contributed by atoms with Crippen molar-refractivity contribution in [3.8, 4) is 11.4 Å². The first-order valence-electron chi connectivity index (χ1n) is 9.60. The number of nitrogens with one attached hydrogen (secondary N) is 2. The number of hydrogen-bond acceptors (Lipinski definition) is 4.